The van der Waals surface area contributed by atoms with E-state index in [0.29, 0.717) is 0 Å². The monoisotopic (exact) mass is 580 g/mol. The van der Waals surface area contributed by atoms with E-state index in [1.165, 1.54) is 25.7 Å². The molecule has 9 rings (SSSR count). The lowest BCUT2D eigenvalue weighted by Crippen LogP contribution is -1.97. The lowest BCUT2D eigenvalue weighted by Gasteiger charge is -2.14. The fourth-order valence-corrected chi connectivity index (χ4v) is 7.48. The molecule has 0 fully saturated rings. The maximum absolute atomic E-state index is 5.32. The minimum Gasteiger partial charge on any atom is -0.307 e. The van der Waals surface area contributed by atoms with Crippen LogP contribution in [0.4, 0.5) is 0 Å². The molecule has 0 atom stereocenters. The van der Waals surface area contributed by atoms with Crippen LogP contribution in [0.15, 0.2) is 146 Å². The lowest BCUT2D eigenvalue weighted by atomic mass is 9.99. The molecule has 0 saturated heterocycles. The van der Waals surface area contributed by atoms with Gasteiger partial charge in [0.2, 0.25) is 0 Å². The number of aromatic nitrogens is 4. The number of rotatable bonds is 4. The quantitative estimate of drug-likeness (QED) is 0.208. The van der Waals surface area contributed by atoms with Crippen LogP contribution in [0, 0.1) is 0 Å². The third-order valence-electron chi connectivity index (χ3n) is 8.38. The van der Waals surface area contributed by atoms with E-state index in [0.717, 1.165) is 55.6 Å². The number of hydrogen-bond acceptors (Lipinski definition) is 4. The van der Waals surface area contributed by atoms with Gasteiger partial charge < -0.3 is 4.57 Å². The van der Waals surface area contributed by atoms with Crippen LogP contribution in [0.3, 0.4) is 0 Å². The second kappa shape index (κ2) is 9.97. The number of thiophene rings is 1. The summed E-state index contributed by atoms with van der Waals surface area (Å²) in [5.41, 5.74) is 10.9. The van der Waals surface area contributed by atoms with E-state index in [-0.39, 0.29) is 0 Å². The minimum atomic E-state index is 0.968. The van der Waals surface area contributed by atoms with Crippen LogP contribution in [0.25, 0.3) is 81.3 Å². The van der Waals surface area contributed by atoms with Gasteiger partial charge in [0.05, 0.1) is 22.2 Å². The van der Waals surface area contributed by atoms with Crippen molar-refractivity contribution in [2.75, 3.05) is 0 Å². The zero-order valence-corrected chi connectivity index (χ0v) is 24.4. The van der Waals surface area contributed by atoms with Gasteiger partial charge in [-0.25, -0.2) is 4.98 Å². The van der Waals surface area contributed by atoms with Gasteiger partial charge in [0, 0.05) is 61.6 Å². The third kappa shape index (κ3) is 3.94. The number of benzene rings is 4. The Morgan fingerprint density at radius 2 is 1.18 bits per heavy atom. The Morgan fingerprint density at radius 3 is 1.91 bits per heavy atom. The van der Waals surface area contributed by atoms with Crippen LogP contribution in [0.2, 0.25) is 0 Å². The summed E-state index contributed by atoms with van der Waals surface area (Å²) in [5.74, 6) is 0. The van der Waals surface area contributed by atoms with E-state index in [1.807, 2.05) is 42.2 Å². The van der Waals surface area contributed by atoms with Crippen molar-refractivity contribution in [1.82, 2.24) is 19.5 Å². The van der Waals surface area contributed by atoms with Gasteiger partial charge in [0.25, 0.3) is 0 Å². The van der Waals surface area contributed by atoms with Crippen molar-refractivity contribution in [3.8, 4) is 39.2 Å². The number of fused-ring (bicyclic) bond motifs is 7. The summed E-state index contributed by atoms with van der Waals surface area (Å²) >= 11 is 1.84. The first-order valence-electron chi connectivity index (χ1n) is 14.6. The molecule has 44 heavy (non-hydrogen) atoms. The van der Waals surface area contributed by atoms with Gasteiger partial charge >= 0.3 is 0 Å². The van der Waals surface area contributed by atoms with Crippen LogP contribution in [0.5, 0.6) is 0 Å². The standard InChI is InChI=1S/C39H24N4S/c1-2-6-27(7-3-1)33-11-12-34-38(42-33)32-10-13-36-37(31-8-4-5-9-35(31)44-36)39(32)43(34)30-23-28(25-14-18-40-19-15-25)22-29(24-30)26-16-20-41-21-17-26/h1-24H. The van der Waals surface area contributed by atoms with Gasteiger partial charge in [-0.2, -0.15) is 0 Å². The van der Waals surface area contributed by atoms with Gasteiger partial charge in [-0.05, 0) is 95.1 Å². The van der Waals surface area contributed by atoms with E-state index in [1.54, 1.807) is 0 Å². The van der Waals surface area contributed by atoms with Crippen molar-refractivity contribution in [1.29, 1.82) is 0 Å². The highest BCUT2D eigenvalue weighted by Crippen LogP contribution is 2.43. The average molecular weight is 581 g/mol. The summed E-state index contributed by atoms with van der Waals surface area (Å²) in [7, 11) is 0. The van der Waals surface area contributed by atoms with Crippen molar-refractivity contribution in [3.05, 3.63) is 146 Å². The molecule has 4 nitrogen and oxygen atoms in total. The highest BCUT2D eigenvalue weighted by Gasteiger charge is 2.20. The predicted octanol–water partition coefficient (Wildman–Crippen LogP) is 10.3. The molecule has 5 heteroatoms. The second-order valence-electron chi connectivity index (χ2n) is 10.9. The van der Waals surface area contributed by atoms with Crippen LogP contribution in [-0.2, 0) is 0 Å². The van der Waals surface area contributed by atoms with Gasteiger partial charge in [-0.15, -0.1) is 11.3 Å². The Balaban J connectivity index is 1.43. The number of hydrogen-bond donors (Lipinski definition) is 0. The molecule has 5 aromatic heterocycles. The maximum Gasteiger partial charge on any atom is 0.0971 e. The first-order chi connectivity index (χ1) is 21.8. The molecular formula is C39H24N4S. The van der Waals surface area contributed by atoms with Gasteiger partial charge in [0.1, 0.15) is 0 Å². The largest absolute Gasteiger partial charge is 0.307 e. The SMILES string of the molecule is c1ccc(-c2ccc3c(n2)c2ccc4sc5ccccc5c4c2n3-c2cc(-c3ccncc3)cc(-c3ccncc3)c2)cc1. The first-order valence-corrected chi connectivity index (χ1v) is 15.4. The highest BCUT2D eigenvalue weighted by molar-refractivity contribution is 7.26. The molecule has 0 aliphatic carbocycles. The molecule has 0 aliphatic heterocycles. The molecule has 0 unspecified atom stereocenters. The van der Waals surface area contributed by atoms with Gasteiger partial charge in [-0.3, -0.25) is 9.97 Å². The first kappa shape index (κ1) is 24.9. The van der Waals surface area contributed by atoms with E-state index in [4.69, 9.17) is 4.98 Å². The van der Waals surface area contributed by atoms with Crippen LogP contribution in [-0.4, -0.2) is 19.5 Å². The molecule has 0 saturated carbocycles. The Labute approximate surface area is 257 Å². The third-order valence-corrected chi connectivity index (χ3v) is 9.52. The Morgan fingerprint density at radius 1 is 0.500 bits per heavy atom. The zero-order chi connectivity index (χ0) is 29.0. The lowest BCUT2D eigenvalue weighted by molar-refractivity contribution is 1.18. The molecule has 0 bridgehead atoms. The number of pyridine rings is 3. The highest BCUT2D eigenvalue weighted by atomic mass is 32.1. The van der Waals surface area contributed by atoms with Crippen LogP contribution >= 0.6 is 11.3 Å². The van der Waals surface area contributed by atoms with E-state index < -0.39 is 0 Å². The van der Waals surface area contributed by atoms with Gasteiger partial charge in [0.15, 0.2) is 0 Å². The zero-order valence-electron chi connectivity index (χ0n) is 23.6. The molecule has 5 heterocycles. The molecule has 4 aromatic carbocycles. The Hall–Kier alpha value is -5.65. The summed E-state index contributed by atoms with van der Waals surface area (Å²) in [4.78, 5) is 13.9. The van der Waals surface area contributed by atoms with Crippen molar-refractivity contribution in [2.45, 2.75) is 0 Å². The van der Waals surface area contributed by atoms with Crippen molar-refractivity contribution < 1.29 is 0 Å². The van der Waals surface area contributed by atoms with Crippen molar-refractivity contribution in [3.63, 3.8) is 0 Å². The molecule has 0 aliphatic rings. The maximum atomic E-state index is 5.32. The smallest absolute Gasteiger partial charge is 0.0971 e. The number of nitrogens with zero attached hydrogens (tertiary/aromatic N) is 4. The van der Waals surface area contributed by atoms with E-state index in [9.17, 15) is 0 Å². The fraction of sp³-hybridized carbons (Fsp3) is 0. The summed E-state index contributed by atoms with van der Waals surface area (Å²) < 4.78 is 4.97. The normalized spacial score (nSPS) is 11.6. The second-order valence-corrected chi connectivity index (χ2v) is 12.0. The van der Waals surface area contributed by atoms with Crippen LogP contribution < -0.4 is 0 Å². The predicted molar refractivity (Wildman–Crippen MR) is 183 cm³/mol. The van der Waals surface area contributed by atoms with Crippen molar-refractivity contribution >= 4 is 53.4 Å². The minimum absolute atomic E-state index is 0.968. The topological polar surface area (TPSA) is 43.6 Å². The summed E-state index contributed by atoms with van der Waals surface area (Å²) in [5, 5.41) is 3.68. The molecule has 0 N–H and O–H groups in total. The molecule has 0 radical (unpaired) electrons. The van der Waals surface area contributed by atoms with E-state index >= 15 is 0 Å². The van der Waals surface area contributed by atoms with Gasteiger partial charge in [-0.1, -0.05) is 48.5 Å². The molecular weight excluding hydrogens is 557 g/mol. The Bertz CT molecular complexity index is 2420. The average Bonchev–Trinajstić information content (AvgIpc) is 3.64. The molecule has 9 aromatic rings. The molecule has 0 spiro atoms. The Kier molecular flexibility index (Phi) is 5.64. The summed E-state index contributed by atoms with van der Waals surface area (Å²) in [6.07, 6.45) is 7.41. The fourth-order valence-electron chi connectivity index (χ4n) is 6.37. The molecule has 206 valence electrons. The summed E-state index contributed by atoms with van der Waals surface area (Å²) in [6.45, 7) is 0. The molecule has 0 amide bonds. The van der Waals surface area contributed by atoms with E-state index in [2.05, 4.69) is 130 Å². The summed E-state index contributed by atoms with van der Waals surface area (Å²) in [6, 6.07) is 43.1. The van der Waals surface area contributed by atoms with Crippen LogP contribution in [0.1, 0.15) is 0 Å². The van der Waals surface area contributed by atoms with Crippen molar-refractivity contribution in [2.24, 2.45) is 0 Å².